The van der Waals surface area contributed by atoms with Gasteiger partial charge in [-0.15, -0.1) is 0 Å². The lowest BCUT2D eigenvalue weighted by Crippen LogP contribution is -2.26. The largest absolute Gasteiger partial charge is 0.393 e. The van der Waals surface area contributed by atoms with Crippen LogP contribution in [0.4, 0.5) is 0 Å². The summed E-state index contributed by atoms with van der Waals surface area (Å²) in [5.74, 6) is 0. The average molecular weight is 160 g/mol. The van der Waals surface area contributed by atoms with Crippen LogP contribution < -0.4 is 0 Å². The summed E-state index contributed by atoms with van der Waals surface area (Å²) in [6.07, 6.45) is 3.86. The van der Waals surface area contributed by atoms with Gasteiger partial charge in [-0.25, -0.2) is 0 Å². The first-order chi connectivity index (χ1) is 5.33. The quantitative estimate of drug-likeness (QED) is 0.624. The Balaban J connectivity index is 2.12. The molecule has 0 aliphatic heterocycles. The van der Waals surface area contributed by atoms with E-state index in [0.29, 0.717) is 6.79 Å². The number of aliphatic hydroxyl groups is 1. The Bertz CT molecular complexity index is 106. The number of hydrogen-bond acceptors (Lipinski definition) is 3. The van der Waals surface area contributed by atoms with Crippen LogP contribution in [-0.2, 0) is 9.47 Å². The molecule has 1 aliphatic rings. The molecule has 1 fully saturated rings. The molecule has 0 heterocycles. The van der Waals surface area contributed by atoms with Gasteiger partial charge < -0.3 is 14.6 Å². The van der Waals surface area contributed by atoms with Crippen LogP contribution in [0.2, 0.25) is 0 Å². The summed E-state index contributed by atoms with van der Waals surface area (Å²) < 4.78 is 10.1. The van der Waals surface area contributed by atoms with Gasteiger partial charge >= 0.3 is 0 Å². The molecule has 0 aromatic heterocycles. The topological polar surface area (TPSA) is 38.7 Å². The van der Waals surface area contributed by atoms with Crippen LogP contribution >= 0.6 is 0 Å². The summed E-state index contributed by atoms with van der Waals surface area (Å²) in [5.41, 5.74) is 0. The zero-order valence-corrected chi connectivity index (χ0v) is 6.95. The lowest BCUT2D eigenvalue weighted by molar-refractivity contribution is -0.0964. The van der Waals surface area contributed by atoms with Crippen molar-refractivity contribution in [2.24, 2.45) is 0 Å². The lowest BCUT2D eigenvalue weighted by atomic mass is 9.95. The molecule has 0 saturated heterocycles. The third-order valence-electron chi connectivity index (χ3n) is 2.02. The summed E-state index contributed by atoms with van der Waals surface area (Å²) in [7, 11) is 1.61. The summed E-state index contributed by atoms with van der Waals surface area (Å²) in [5, 5.41) is 9.26. The van der Waals surface area contributed by atoms with Crippen LogP contribution in [0.5, 0.6) is 0 Å². The van der Waals surface area contributed by atoms with Gasteiger partial charge in [0.15, 0.2) is 0 Å². The van der Waals surface area contributed by atoms with Crippen molar-refractivity contribution in [2.75, 3.05) is 13.9 Å². The molecular formula is C8H16O3. The first-order valence-corrected chi connectivity index (χ1v) is 4.11. The minimum atomic E-state index is -0.161. The highest BCUT2D eigenvalue weighted by Crippen LogP contribution is 2.20. The maximum atomic E-state index is 9.26. The molecule has 1 N–H and O–H groups in total. The molecule has 1 aliphatic carbocycles. The predicted molar refractivity (Wildman–Crippen MR) is 41.2 cm³/mol. The Labute approximate surface area is 67.3 Å². The Morgan fingerprint density at radius 1 is 1.45 bits per heavy atom. The molecule has 0 amide bonds. The maximum Gasteiger partial charge on any atom is 0.146 e. The van der Waals surface area contributed by atoms with Crippen molar-refractivity contribution in [3.05, 3.63) is 0 Å². The van der Waals surface area contributed by atoms with Crippen molar-refractivity contribution in [1.29, 1.82) is 0 Å². The Hall–Kier alpha value is -0.120. The summed E-state index contributed by atoms with van der Waals surface area (Å²) in [6, 6.07) is 0. The fourth-order valence-electron chi connectivity index (χ4n) is 1.44. The smallest absolute Gasteiger partial charge is 0.146 e. The van der Waals surface area contributed by atoms with Gasteiger partial charge in [-0.05, 0) is 25.7 Å². The summed E-state index contributed by atoms with van der Waals surface area (Å²) >= 11 is 0. The lowest BCUT2D eigenvalue weighted by Gasteiger charge is -2.25. The molecule has 0 aromatic rings. The molecular weight excluding hydrogens is 144 g/mol. The van der Waals surface area contributed by atoms with Gasteiger partial charge in [0, 0.05) is 7.11 Å². The van der Waals surface area contributed by atoms with Crippen LogP contribution in [-0.4, -0.2) is 31.2 Å². The van der Waals surface area contributed by atoms with E-state index in [1.807, 2.05) is 0 Å². The predicted octanol–water partition coefficient (Wildman–Crippen LogP) is 0.910. The van der Waals surface area contributed by atoms with Crippen molar-refractivity contribution in [1.82, 2.24) is 0 Å². The molecule has 2 unspecified atom stereocenters. The van der Waals surface area contributed by atoms with Gasteiger partial charge in [-0.3, -0.25) is 0 Å². The van der Waals surface area contributed by atoms with Gasteiger partial charge in [0.25, 0.3) is 0 Å². The van der Waals surface area contributed by atoms with Gasteiger partial charge in [0.2, 0.25) is 0 Å². The van der Waals surface area contributed by atoms with E-state index in [0.717, 1.165) is 25.7 Å². The Kier molecular flexibility index (Phi) is 3.83. The van der Waals surface area contributed by atoms with Crippen molar-refractivity contribution < 1.29 is 14.6 Å². The minimum absolute atomic E-state index is 0.161. The van der Waals surface area contributed by atoms with E-state index in [2.05, 4.69) is 0 Å². The van der Waals surface area contributed by atoms with Gasteiger partial charge in [0.1, 0.15) is 6.79 Å². The van der Waals surface area contributed by atoms with Crippen LogP contribution in [0.3, 0.4) is 0 Å². The number of aliphatic hydroxyl groups excluding tert-OH is 1. The highest BCUT2D eigenvalue weighted by molar-refractivity contribution is 4.71. The van der Waals surface area contributed by atoms with Crippen molar-refractivity contribution in [3.63, 3.8) is 0 Å². The van der Waals surface area contributed by atoms with E-state index in [1.165, 1.54) is 0 Å². The third-order valence-corrected chi connectivity index (χ3v) is 2.02. The second kappa shape index (κ2) is 4.70. The molecule has 0 spiro atoms. The van der Waals surface area contributed by atoms with Gasteiger partial charge in [0.05, 0.1) is 12.2 Å². The van der Waals surface area contributed by atoms with Crippen LogP contribution in [0.25, 0.3) is 0 Å². The third kappa shape index (κ3) is 3.18. The summed E-state index contributed by atoms with van der Waals surface area (Å²) in [4.78, 5) is 0. The van der Waals surface area contributed by atoms with Crippen LogP contribution in [0, 0.1) is 0 Å². The van der Waals surface area contributed by atoms with E-state index in [4.69, 9.17) is 9.47 Å². The zero-order valence-electron chi connectivity index (χ0n) is 6.95. The van der Waals surface area contributed by atoms with Crippen LogP contribution in [0.1, 0.15) is 25.7 Å². The molecule has 0 bridgehead atoms. The molecule has 3 heteroatoms. The van der Waals surface area contributed by atoms with E-state index in [-0.39, 0.29) is 12.2 Å². The highest BCUT2D eigenvalue weighted by atomic mass is 16.7. The van der Waals surface area contributed by atoms with E-state index >= 15 is 0 Å². The molecule has 66 valence electrons. The van der Waals surface area contributed by atoms with E-state index in [9.17, 15) is 5.11 Å². The fourth-order valence-corrected chi connectivity index (χ4v) is 1.44. The van der Waals surface area contributed by atoms with Gasteiger partial charge in [-0.2, -0.15) is 0 Å². The number of ether oxygens (including phenoxy) is 2. The SMILES string of the molecule is COCOC1CCCC(O)C1. The van der Waals surface area contributed by atoms with Gasteiger partial charge in [-0.1, -0.05) is 0 Å². The first-order valence-electron chi connectivity index (χ1n) is 4.11. The Morgan fingerprint density at radius 2 is 2.27 bits per heavy atom. The normalized spacial score (nSPS) is 32.2. The molecule has 3 nitrogen and oxygen atoms in total. The van der Waals surface area contributed by atoms with Crippen molar-refractivity contribution in [3.8, 4) is 0 Å². The second-order valence-electron chi connectivity index (χ2n) is 3.02. The molecule has 0 radical (unpaired) electrons. The maximum absolute atomic E-state index is 9.26. The minimum Gasteiger partial charge on any atom is -0.393 e. The second-order valence-corrected chi connectivity index (χ2v) is 3.02. The molecule has 2 atom stereocenters. The van der Waals surface area contributed by atoms with E-state index < -0.39 is 0 Å². The highest BCUT2D eigenvalue weighted by Gasteiger charge is 2.20. The van der Waals surface area contributed by atoms with Crippen molar-refractivity contribution >= 4 is 0 Å². The first kappa shape index (κ1) is 8.97. The Morgan fingerprint density at radius 3 is 2.91 bits per heavy atom. The standard InChI is InChI=1S/C8H16O3/c1-10-6-11-8-4-2-3-7(9)5-8/h7-9H,2-6H2,1H3. The van der Waals surface area contributed by atoms with Crippen LogP contribution in [0.15, 0.2) is 0 Å². The number of hydrogen-bond donors (Lipinski definition) is 1. The number of rotatable bonds is 3. The summed E-state index contributed by atoms with van der Waals surface area (Å²) in [6.45, 7) is 0.345. The molecule has 1 saturated carbocycles. The van der Waals surface area contributed by atoms with Crippen molar-refractivity contribution in [2.45, 2.75) is 37.9 Å². The zero-order chi connectivity index (χ0) is 8.10. The molecule has 1 rings (SSSR count). The van der Waals surface area contributed by atoms with E-state index in [1.54, 1.807) is 7.11 Å². The molecule has 0 aromatic carbocycles. The molecule has 11 heavy (non-hydrogen) atoms. The average Bonchev–Trinajstić information content (AvgIpc) is 2.01. The monoisotopic (exact) mass is 160 g/mol. The number of methoxy groups -OCH3 is 1. The fraction of sp³-hybridized carbons (Fsp3) is 1.00.